The first-order chi connectivity index (χ1) is 5.65. The molecule has 3 nitrogen and oxygen atoms in total. The highest BCUT2D eigenvalue weighted by molar-refractivity contribution is 7.11. The summed E-state index contributed by atoms with van der Waals surface area (Å²) in [6.07, 6.45) is 1.83. The molecule has 0 radical (unpaired) electrons. The molecule has 0 aliphatic carbocycles. The van der Waals surface area contributed by atoms with Gasteiger partial charge in [0.05, 0.1) is 11.0 Å². The van der Waals surface area contributed by atoms with Gasteiger partial charge in [-0.1, -0.05) is 12.2 Å². The van der Waals surface area contributed by atoms with Crippen LogP contribution in [-0.4, -0.2) is 4.98 Å². The molecule has 0 aliphatic rings. The number of aryl methyl sites for hydroxylation is 1. The topological polar surface area (TPSA) is 50.9 Å². The first kappa shape index (κ1) is 9.38. The second-order valence-corrected chi connectivity index (χ2v) is 3.99. The van der Waals surface area contributed by atoms with Crippen molar-refractivity contribution in [2.75, 3.05) is 0 Å². The molecule has 1 rings (SSSR count). The van der Waals surface area contributed by atoms with Crippen molar-refractivity contribution in [1.29, 1.82) is 0 Å². The van der Waals surface area contributed by atoms with E-state index in [-0.39, 0.29) is 6.04 Å². The molecule has 12 heavy (non-hydrogen) atoms. The first-order valence-electron chi connectivity index (χ1n) is 3.69. The van der Waals surface area contributed by atoms with Gasteiger partial charge in [0.1, 0.15) is 0 Å². The van der Waals surface area contributed by atoms with Gasteiger partial charge in [-0.25, -0.2) is 10.4 Å². The summed E-state index contributed by atoms with van der Waals surface area (Å²) >= 11 is 1.63. The predicted octanol–water partition coefficient (Wildman–Crippen LogP) is 1.53. The Morgan fingerprint density at radius 3 is 2.83 bits per heavy atom. The first-order valence-corrected chi connectivity index (χ1v) is 4.50. The van der Waals surface area contributed by atoms with E-state index in [2.05, 4.69) is 17.0 Å². The van der Waals surface area contributed by atoms with Crippen LogP contribution < -0.4 is 11.3 Å². The minimum absolute atomic E-state index is 0.0381. The number of nitrogens with zero attached hydrogens (tertiary/aromatic N) is 1. The molecule has 0 aliphatic heterocycles. The second kappa shape index (κ2) is 3.80. The van der Waals surface area contributed by atoms with Crippen molar-refractivity contribution >= 4 is 11.3 Å². The van der Waals surface area contributed by atoms with E-state index < -0.39 is 0 Å². The average molecular weight is 183 g/mol. The summed E-state index contributed by atoms with van der Waals surface area (Å²) in [6.45, 7) is 7.76. The van der Waals surface area contributed by atoms with Crippen LogP contribution in [0.5, 0.6) is 0 Å². The number of hydrogen-bond donors (Lipinski definition) is 2. The van der Waals surface area contributed by atoms with E-state index in [1.807, 2.05) is 20.0 Å². The number of thiazole rings is 1. The van der Waals surface area contributed by atoms with Crippen LogP contribution in [0.25, 0.3) is 0 Å². The third-order valence-electron chi connectivity index (χ3n) is 1.58. The molecule has 1 aromatic rings. The molecule has 0 spiro atoms. The van der Waals surface area contributed by atoms with Gasteiger partial charge < -0.3 is 0 Å². The molecule has 1 atom stereocenters. The summed E-state index contributed by atoms with van der Waals surface area (Å²) in [5, 5.41) is 1.05. The SMILES string of the molecule is C=C(C)C(NN)c1cnc(C)s1. The zero-order chi connectivity index (χ0) is 9.14. The monoisotopic (exact) mass is 183 g/mol. The summed E-state index contributed by atoms with van der Waals surface area (Å²) in [5.74, 6) is 5.38. The quantitative estimate of drug-likeness (QED) is 0.424. The number of hydrazine groups is 1. The summed E-state index contributed by atoms with van der Waals surface area (Å²) in [4.78, 5) is 5.26. The van der Waals surface area contributed by atoms with Gasteiger partial charge in [-0.05, 0) is 13.8 Å². The Morgan fingerprint density at radius 1 is 1.83 bits per heavy atom. The van der Waals surface area contributed by atoms with Crippen molar-refractivity contribution < 1.29 is 0 Å². The summed E-state index contributed by atoms with van der Waals surface area (Å²) in [6, 6.07) is 0.0381. The third kappa shape index (κ3) is 1.91. The van der Waals surface area contributed by atoms with E-state index in [1.54, 1.807) is 11.3 Å². The summed E-state index contributed by atoms with van der Waals surface area (Å²) < 4.78 is 0. The lowest BCUT2D eigenvalue weighted by Gasteiger charge is -2.12. The Morgan fingerprint density at radius 2 is 2.50 bits per heavy atom. The molecule has 1 heterocycles. The second-order valence-electron chi connectivity index (χ2n) is 2.73. The van der Waals surface area contributed by atoms with E-state index in [1.165, 1.54) is 0 Å². The lowest BCUT2D eigenvalue weighted by Crippen LogP contribution is -2.27. The average Bonchev–Trinajstić information content (AvgIpc) is 2.37. The van der Waals surface area contributed by atoms with Crippen molar-refractivity contribution in [1.82, 2.24) is 10.4 Å². The fraction of sp³-hybridized carbons (Fsp3) is 0.375. The number of nitrogens with one attached hydrogen (secondary N) is 1. The summed E-state index contributed by atoms with van der Waals surface area (Å²) in [5.41, 5.74) is 3.70. The van der Waals surface area contributed by atoms with Crippen LogP contribution in [-0.2, 0) is 0 Å². The third-order valence-corrected chi connectivity index (χ3v) is 2.56. The van der Waals surface area contributed by atoms with Crippen LogP contribution in [0.4, 0.5) is 0 Å². The number of hydrogen-bond acceptors (Lipinski definition) is 4. The molecular formula is C8H13N3S. The van der Waals surface area contributed by atoms with Crippen LogP contribution in [0, 0.1) is 6.92 Å². The van der Waals surface area contributed by atoms with E-state index >= 15 is 0 Å². The molecule has 0 amide bonds. The van der Waals surface area contributed by atoms with Gasteiger partial charge in [-0.15, -0.1) is 11.3 Å². The molecule has 0 saturated carbocycles. The van der Waals surface area contributed by atoms with Crippen LogP contribution in [0.1, 0.15) is 22.9 Å². The zero-order valence-corrected chi connectivity index (χ0v) is 8.11. The van der Waals surface area contributed by atoms with Crippen molar-refractivity contribution in [3.8, 4) is 0 Å². The maximum absolute atomic E-state index is 5.38. The van der Waals surface area contributed by atoms with Crippen LogP contribution in [0.2, 0.25) is 0 Å². The number of rotatable bonds is 3. The molecular weight excluding hydrogens is 170 g/mol. The smallest absolute Gasteiger partial charge is 0.0897 e. The lowest BCUT2D eigenvalue weighted by molar-refractivity contribution is 0.635. The van der Waals surface area contributed by atoms with Gasteiger partial charge in [0.25, 0.3) is 0 Å². The molecule has 66 valence electrons. The highest BCUT2D eigenvalue weighted by Gasteiger charge is 2.12. The molecule has 1 unspecified atom stereocenters. The minimum atomic E-state index is 0.0381. The molecule has 0 fully saturated rings. The number of aromatic nitrogens is 1. The maximum atomic E-state index is 5.38. The van der Waals surface area contributed by atoms with Crippen LogP contribution in [0.3, 0.4) is 0 Å². The Labute approximate surface area is 76.3 Å². The maximum Gasteiger partial charge on any atom is 0.0897 e. The van der Waals surface area contributed by atoms with Crippen molar-refractivity contribution in [3.05, 3.63) is 28.2 Å². The van der Waals surface area contributed by atoms with Crippen molar-refractivity contribution in [2.45, 2.75) is 19.9 Å². The van der Waals surface area contributed by atoms with Gasteiger partial charge in [0.2, 0.25) is 0 Å². The van der Waals surface area contributed by atoms with Crippen LogP contribution >= 0.6 is 11.3 Å². The molecule has 3 N–H and O–H groups in total. The lowest BCUT2D eigenvalue weighted by atomic mass is 10.1. The Hall–Kier alpha value is -0.710. The Balaban J connectivity index is 2.87. The minimum Gasteiger partial charge on any atom is -0.271 e. The zero-order valence-electron chi connectivity index (χ0n) is 7.29. The van der Waals surface area contributed by atoms with Gasteiger partial charge in [0.15, 0.2) is 0 Å². The molecule has 1 aromatic heterocycles. The van der Waals surface area contributed by atoms with E-state index in [0.717, 1.165) is 15.5 Å². The largest absolute Gasteiger partial charge is 0.271 e. The number of nitrogens with two attached hydrogens (primary N) is 1. The highest BCUT2D eigenvalue weighted by atomic mass is 32.1. The van der Waals surface area contributed by atoms with E-state index in [9.17, 15) is 0 Å². The standard InChI is InChI=1S/C8H13N3S/c1-5(2)8(11-9)7-4-10-6(3)12-7/h4,8,11H,1,9H2,2-3H3. The van der Waals surface area contributed by atoms with Gasteiger partial charge in [-0.3, -0.25) is 5.84 Å². The van der Waals surface area contributed by atoms with Gasteiger partial charge in [0, 0.05) is 11.1 Å². The molecule has 4 heteroatoms. The molecule has 0 aromatic carbocycles. The fourth-order valence-corrected chi connectivity index (χ4v) is 1.92. The fourth-order valence-electron chi connectivity index (χ4n) is 0.978. The molecule has 0 bridgehead atoms. The Kier molecular flexibility index (Phi) is 2.97. The van der Waals surface area contributed by atoms with Crippen molar-refractivity contribution in [3.63, 3.8) is 0 Å². The predicted molar refractivity (Wildman–Crippen MR) is 51.7 cm³/mol. The van der Waals surface area contributed by atoms with Crippen LogP contribution in [0.15, 0.2) is 18.3 Å². The van der Waals surface area contributed by atoms with Gasteiger partial charge in [-0.2, -0.15) is 0 Å². The summed E-state index contributed by atoms with van der Waals surface area (Å²) in [7, 11) is 0. The normalized spacial score (nSPS) is 12.9. The highest BCUT2D eigenvalue weighted by Crippen LogP contribution is 2.24. The van der Waals surface area contributed by atoms with Gasteiger partial charge >= 0.3 is 0 Å². The van der Waals surface area contributed by atoms with E-state index in [4.69, 9.17) is 5.84 Å². The molecule has 0 saturated heterocycles. The van der Waals surface area contributed by atoms with Crippen molar-refractivity contribution in [2.24, 2.45) is 5.84 Å². The van der Waals surface area contributed by atoms with E-state index in [0.29, 0.717) is 0 Å². The Bertz CT molecular complexity index is 280.